The van der Waals surface area contributed by atoms with Crippen LogP contribution in [0.1, 0.15) is 53.7 Å². The molecule has 3 aromatic rings. The predicted molar refractivity (Wildman–Crippen MR) is 157 cm³/mol. The fraction of sp³-hybridized carbons (Fsp3) is 0.344. The minimum atomic E-state index is -3.96. The summed E-state index contributed by atoms with van der Waals surface area (Å²) in [6, 6.07) is 22.6. The third-order valence-electron chi connectivity index (χ3n) is 7.22. The molecule has 3 amide bonds. The number of nitrogens with one attached hydrogen (secondary N) is 1. The number of aryl methyl sites for hydroxylation is 1. The van der Waals surface area contributed by atoms with Gasteiger partial charge >= 0.3 is 0 Å². The quantitative estimate of drug-likeness (QED) is 0.346. The highest BCUT2D eigenvalue weighted by Crippen LogP contribution is 2.30. The van der Waals surface area contributed by atoms with Crippen LogP contribution in [0.25, 0.3) is 0 Å². The topological polar surface area (TPSA) is 104 Å². The highest BCUT2D eigenvalue weighted by atomic mass is 32.2. The fourth-order valence-electron chi connectivity index (χ4n) is 4.92. The molecule has 8 nitrogen and oxygen atoms in total. The lowest BCUT2D eigenvalue weighted by Gasteiger charge is -2.32. The van der Waals surface area contributed by atoms with Crippen LogP contribution in [0, 0.1) is 12.8 Å². The second-order valence-electron chi connectivity index (χ2n) is 10.8. The van der Waals surface area contributed by atoms with E-state index in [0.29, 0.717) is 13.0 Å². The second-order valence-corrected chi connectivity index (χ2v) is 12.6. The minimum Gasteiger partial charge on any atom is -0.354 e. The molecule has 0 radical (unpaired) electrons. The molecule has 1 unspecified atom stereocenters. The van der Waals surface area contributed by atoms with Crippen LogP contribution in [0.15, 0.2) is 83.8 Å². The molecule has 1 aliphatic rings. The summed E-state index contributed by atoms with van der Waals surface area (Å²) in [5.41, 5.74) is 2.98. The van der Waals surface area contributed by atoms with Crippen molar-refractivity contribution >= 4 is 27.7 Å². The zero-order valence-corrected chi connectivity index (χ0v) is 24.6. The number of hydrogen-bond donors (Lipinski definition) is 1. The summed E-state index contributed by atoms with van der Waals surface area (Å²) in [6.07, 6.45) is 0.439. The van der Waals surface area contributed by atoms with Crippen LogP contribution in [0.5, 0.6) is 0 Å². The van der Waals surface area contributed by atoms with Crippen molar-refractivity contribution in [1.82, 2.24) is 14.5 Å². The highest BCUT2D eigenvalue weighted by Gasteiger charge is 2.40. The lowest BCUT2D eigenvalue weighted by atomic mass is 10.0. The number of sulfonamides is 1. The van der Waals surface area contributed by atoms with E-state index in [1.807, 2.05) is 75.4 Å². The largest absolute Gasteiger partial charge is 0.354 e. The monoisotopic (exact) mass is 575 g/mol. The zero-order chi connectivity index (χ0) is 29.6. The molecular formula is C32H37N3O5S. The van der Waals surface area contributed by atoms with Crippen molar-refractivity contribution in [2.45, 2.75) is 57.5 Å². The Morgan fingerprint density at radius 1 is 0.927 bits per heavy atom. The van der Waals surface area contributed by atoms with Crippen LogP contribution in [0.2, 0.25) is 0 Å². The Morgan fingerprint density at radius 2 is 1.59 bits per heavy atom. The van der Waals surface area contributed by atoms with Gasteiger partial charge in [-0.25, -0.2) is 12.7 Å². The van der Waals surface area contributed by atoms with Gasteiger partial charge in [-0.2, -0.15) is 0 Å². The number of amides is 3. The molecule has 0 saturated carbocycles. The molecule has 0 fully saturated rings. The molecule has 4 rings (SSSR count). The maximum Gasteiger partial charge on any atom is 0.269 e. The first kappa shape index (κ1) is 30.0. The number of rotatable bonds is 12. The minimum absolute atomic E-state index is 0.0118. The molecular weight excluding hydrogens is 538 g/mol. The number of carbonyl (C=O) groups excluding carboxylic acids is 3. The van der Waals surface area contributed by atoms with Gasteiger partial charge in [-0.15, -0.1) is 0 Å². The van der Waals surface area contributed by atoms with E-state index in [1.54, 1.807) is 17.0 Å². The van der Waals surface area contributed by atoms with Crippen molar-refractivity contribution < 1.29 is 22.8 Å². The van der Waals surface area contributed by atoms with Crippen LogP contribution in [-0.4, -0.2) is 54.5 Å². The van der Waals surface area contributed by atoms with Gasteiger partial charge in [0.05, 0.1) is 5.56 Å². The van der Waals surface area contributed by atoms with Crippen LogP contribution in [0.4, 0.5) is 0 Å². The molecule has 3 aromatic carbocycles. The number of fused-ring (bicyclic) bond motifs is 1. The third-order valence-corrected chi connectivity index (χ3v) is 9.06. The third kappa shape index (κ3) is 7.03. The number of benzene rings is 3. The van der Waals surface area contributed by atoms with E-state index in [0.717, 1.165) is 21.0 Å². The Labute approximate surface area is 242 Å². The standard InChI is InChI=1S/C32H37N3O5S/c1-23(2)21-33-31(37)28(20-25-13-5-4-6-14-25)34(22-26-15-8-7-12-24(26)3)30(36)18-11-19-35-32(38)27-16-9-10-17-29(27)41(35,39)40/h4-10,12-17,23,28H,11,18-22H2,1-3H3,(H,33,37). The average Bonchev–Trinajstić information content (AvgIpc) is 3.15. The maximum absolute atomic E-state index is 13.9. The van der Waals surface area contributed by atoms with E-state index in [9.17, 15) is 22.8 Å². The smallest absolute Gasteiger partial charge is 0.269 e. The van der Waals surface area contributed by atoms with Crippen LogP contribution >= 0.6 is 0 Å². The first-order valence-corrected chi connectivity index (χ1v) is 15.3. The van der Waals surface area contributed by atoms with Crippen LogP contribution in [0.3, 0.4) is 0 Å². The van der Waals surface area contributed by atoms with Gasteiger partial charge in [-0.1, -0.05) is 80.6 Å². The lowest BCUT2D eigenvalue weighted by molar-refractivity contribution is -0.141. The summed E-state index contributed by atoms with van der Waals surface area (Å²) in [4.78, 5) is 41.8. The van der Waals surface area contributed by atoms with Crippen molar-refractivity contribution in [3.05, 3.63) is 101 Å². The van der Waals surface area contributed by atoms with Gasteiger partial charge in [0.2, 0.25) is 11.8 Å². The van der Waals surface area contributed by atoms with E-state index in [2.05, 4.69) is 5.32 Å². The molecule has 1 N–H and O–H groups in total. The van der Waals surface area contributed by atoms with E-state index in [-0.39, 0.29) is 54.1 Å². The van der Waals surface area contributed by atoms with Crippen LogP contribution in [-0.2, 0) is 32.6 Å². The molecule has 1 aliphatic heterocycles. The van der Waals surface area contributed by atoms with Gasteiger partial charge < -0.3 is 10.2 Å². The van der Waals surface area contributed by atoms with Gasteiger partial charge in [0, 0.05) is 32.5 Å². The predicted octanol–water partition coefficient (Wildman–Crippen LogP) is 4.33. The van der Waals surface area contributed by atoms with E-state index < -0.39 is 22.0 Å². The summed E-state index contributed by atoms with van der Waals surface area (Å²) < 4.78 is 26.8. The number of hydrogen-bond acceptors (Lipinski definition) is 5. The Hall–Kier alpha value is -3.98. The molecule has 0 aromatic heterocycles. The summed E-state index contributed by atoms with van der Waals surface area (Å²) in [6.45, 7) is 6.56. The van der Waals surface area contributed by atoms with E-state index in [1.165, 1.54) is 12.1 Å². The Balaban J connectivity index is 1.57. The van der Waals surface area contributed by atoms with Gasteiger partial charge in [0.15, 0.2) is 0 Å². The maximum atomic E-state index is 13.9. The van der Waals surface area contributed by atoms with Crippen molar-refractivity contribution in [2.75, 3.05) is 13.1 Å². The summed E-state index contributed by atoms with van der Waals surface area (Å²) in [5, 5.41) is 3.00. The number of nitrogens with zero attached hydrogens (tertiary/aromatic N) is 2. The summed E-state index contributed by atoms with van der Waals surface area (Å²) >= 11 is 0. The molecule has 0 aliphatic carbocycles. The SMILES string of the molecule is Cc1ccccc1CN(C(=O)CCCN1C(=O)c2ccccc2S1(=O)=O)C(Cc1ccccc1)C(=O)NCC(C)C. The highest BCUT2D eigenvalue weighted by molar-refractivity contribution is 7.90. The van der Waals surface area contributed by atoms with E-state index in [4.69, 9.17) is 0 Å². The molecule has 0 saturated heterocycles. The first-order valence-electron chi connectivity index (χ1n) is 13.9. The molecule has 1 atom stereocenters. The van der Waals surface area contributed by atoms with Crippen molar-refractivity contribution in [2.24, 2.45) is 5.92 Å². The molecule has 0 spiro atoms. The number of carbonyl (C=O) groups is 3. The van der Waals surface area contributed by atoms with Crippen molar-refractivity contribution in [1.29, 1.82) is 0 Å². The van der Waals surface area contributed by atoms with Gasteiger partial charge in [0.25, 0.3) is 15.9 Å². The van der Waals surface area contributed by atoms with Gasteiger partial charge in [-0.3, -0.25) is 14.4 Å². The normalized spacial score (nSPS) is 14.5. The Kier molecular flexibility index (Phi) is 9.60. The zero-order valence-electron chi connectivity index (χ0n) is 23.7. The average molecular weight is 576 g/mol. The summed E-state index contributed by atoms with van der Waals surface area (Å²) in [5.74, 6) is -0.867. The summed E-state index contributed by atoms with van der Waals surface area (Å²) in [7, 11) is -3.96. The fourth-order valence-corrected chi connectivity index (χ4v) is 6.52. The molecule has 41 heavy (non-hydrogen) atoms. The van der Waals surface area contributed by atoms with Gasteiger partial charge in [0.1, 0.15) is 10.9 Å². The Bertz CT molecular complexity index is 1500. The second kappa shape index (κ2) is 13.1. The molecule has 9 heteroatoms. The van der Waals surface area contributed by atoms with Crippen molar-refractivity contribution in [3.8, 4) is 0 Å². The molecule has 1 heterocycles. The first-order chi connectivity index (χ1) is 19.6. The van der Waals surface area contributed by atoms with Crippen LogP contribution < -0.4 is 5.32 Å². The van der Waals surface area contributed by atoms with Gasteiger partial charge in [-0.05, 0) is 48.1 Å². The molecule has 0 bridgehead atoms. The lowest BCUT2D eigenvalue weighted by Crippen LogP contribution is -2.51. The van der Waals surface area contributed by atoms with Crippen molar-refractivity contribution in [3.63, 3.8) is 0 Å². The Morgan fingerprint density at radius 3 is 2.27 bits per heavy atom. The molecule has 216 valence electrons. The van der Waals surface area contributed by atoms with E-state index >= 15 is 0 Å².